The summed E-state index contributed by atoms with van der Waals surface area (Å²) in [6.07, 6.45) is -3.27. The Morgan fingerprint density at radius 2 is 2.06 bits per heavy atom. The fourth-order valence-corrected chi connectivity index (χ4v) is 1.61. The van der Waals surface area contributed by atoms with E-state index in [0.29, 0.717) is 6.07 Å². The van der Waals surface area contributed by atoms with Gasteiger partial charge in [0, 0.05) is 10.7 Å². The van der Waals surface area contributed by atoms with Gasteiger partial charge in [-0.3, -0.25) is 0 Å². The number of hydrogen-bond donors (Lipinski definition) is 0. The summed E-state index contributed by atoms with van der Waals surface area (Å²) in [7, 11) is 0.462. The van der Waals surface area contributed by atoms with E-state index < -0.39 is 37.6 Å². The Labute approximate surface area is 92.7 Å². The molecule has 0 spiro atoms. The molecule has 0 bridgehead atoms. The van der Waals surface area contributed by atoms with Crippen LogP contribution in [0.3, 0.4) is 0 Å². The average molecular weight is 271 g/mol. The number of halogens is 4. The second-order valence-corrected chi connectivity index (χ2v) is 5.08. The molecule has 0 aliphatic rings. The van der Waals surface area contributed by atoms with Crippen LogP contribution in [0, 0.1) is 17.3 Å². The molecule has 9 heteroatoms. The van der Waals surface area contributed by atoms with E-state index in [4.69, 9.17) is 15.9 Å². The normalized spacial score (nSPS) is 11.5. The van der Waals surface area contributed by atoms with Crippen LogP contribution in [-0.4, -0.2) is 13.4 Å². The van der Waals surface area contributed by atoms with Gasteiger partial charge in [0.05, 0.1) is 17.2 Å². The summed E-state index contributed by atoms with van der Waals surface area (Å²) in [5, 5.41) is 7.49. The molecule has 86 valence electrons. The highest BCUT2D eigenvalue weighted by Crippen LogP contribution is 2.27. The van der Waals surface area contributed by atoms with Crippen molar-refractivity contribution < 1.29 is 21.6 Å². The van der Waals surface area contributed by atoms with Crippen molar-refractivity contribution in [1.82, 2.24) is 4.98 Å². The third kappa shape index (κ3) is 2.43. The van der Waals surface area contributed by atoms with Crippen LogP contribution < -0.4 is 0 Å². The smallest absolute Gasteiger partial charge is 0.206 e. The maximum absolute atomic E-state index is 13.0. The molecular formula is C7H2ClF3N2O2S. The molecule has 0 N–H and O–H groups in total. The fourth-order valence-electron chi connectivity index (χ4n) is 0.927. The van der Waals surface area contributed by atoms with Crippen LogP contribution in [0.15, 0.2) is 11.1 Å². The SMILES string of the molecule is N#Cc1cc(S(=O)(=O)Cl)nc(F)c1C(F)F. The fraction of sp³-hybridized carbons (Fsp3) is 0.143. The van der Waals surface area contributed by atoms with Crippen molar-refractivity contribution in [1.29, 1.82) is 5.26 Å². The molecule has 1 aromatic rings. The number of alkyl halides is 2. The number of rotatable bonds is 2. The molecule has 1 heterocycles. The number of nitrogens with zero attached hydrogens (tertiary/aromatic N) is 2. The summed E-state index contributed by atoms with van der Waals surface area (Å²) in [5.41, 5.74) is -2.06. The Morgan fingerprint density at radius 1 is 1.50 bits per heavy atom. The van der Waals surface area contributed by atoms with Crippen molar-refractivity contribution in [3.05, 3.63) is 23.1 Å². The summed E-state index contributed by atoms with van der Waals surface area (Å²) in [6, 6.07) is 1.74. The lowest BCUT2D eigenvalue weighted by molar-refractivity contribution is 0.144. The molecule has 0 aliphatic heterocycles. The van der Waals surface area contributed by atoms with Crippen molar-refractivity contribution in [3.8, 4) is 6.07 Å². The number of pyridine rings is 1. The van der Waals surface area contributed by atoms with Crippen LogP contribution in [0.5, 0.6) is 0 Å². The maximum Gasteiger partial charge on any atom is 0.278 e. The van der Waals surface area contributed by atoms with Gasteiger partial charge in [-0.2, -0.15) is 9.65 Å². The predicted molar refractivity (Wildman–Crippen MR) is 46.9 cm³/mol. The van der Waals surface area contributed by atoms with Crippen molar-refractivity contribution in [3.63, 3.8) is 0 Å². The highest BCUT2D eigenvalue weighted by atomic mass is 35.7. The van der Waals surface area contributed by atoms with E-state index in [2.05, 4.69) is 4.98 Å². The van der Waals surface area contributed by atoms with Gasteiger partial charge in [0.2, 0.25) is 5.95 Å². The summed E-state index contributed by atoms with van der Waals surface area (Å²) >= 11 is 0. The first-order valence-electron chi connectivity index (χ1n) is 3.60. The molecule has 0 aromatic carbocycles. The zero-order valence-electron chi connectivity index (χ0n) is 7.29. The second-order valence-electron chi connectivity index (χ2n) is 2.56. The van der Waals surface area contributed by atoms with Gasteiger partial charge in [-0.1, -0.05) is 0 Å². The number of nitriles is 1. The zero-order chi connectivity index (χ0) is 12.5. The van der Waals surface area contributed by atoms with Crippen LogP contribution in [0.25, 0.3) is 0 Å². The predicted octanol–water partition coefficient (Wildman–Crippen LogP) is 1.96. The number of hydrogen-bond acceptors (Lipinski definition) is 4. The number of aromatic nitrogens is 1. The minimum Gasteiger partial charge on any atom is -0.206 e. The Hall–Kier alpha value is -1.33. The van der Waals surface area contributed by atoms with Gasteiger partial charge >= 0.3 is 0 Å². The lowest BCUT2D eigenvalue weighted by Crippen LogP contribution is -2.05. The Balaban J connectivity index is 3.59. The van der Waals surface area contributed by atoms with Gasteiger partial charge in [0.15, 0.2) is 5.03 Å². The van der Waals surface area contributed by atoms with Crippen molar-refractivity contribution in [2.45, 2.75) is 11.5 Å². The Bertz CT molecular complexity index is 568. The van der Waals surface area contributed by atoms with Crippen LogP contribution in [-0.2, 0) is 9.05 Å². The molecule has 0 radical (unpaired) electrons. The van der Waals surface area contributed by atoms with E-state index in [1.54, 1.807) is 0 Å². The van der Waals surface area contributed by atoms with Gasteiger partial charge in [-0.25, -0.2) is 22.2 Å². The average Bonchev–Trinajstić information content (AvgIpc) is 2.14. The summed E-state index contributed by atoms with van der Waals surface area (Å²) in [5.74, 6) is -1.73. The van der Waals surface area contributed by atoms with E-state index in [1.165, 1.54) is 6.07 Å². The molecule has 1 rings (SSSR count). The Kier molecular flexibility index (Phi) is 3.40. The van der Waals surface area contributed by atoms with Crippen LogP contribution in [0.2, 0.25) is 0 Å². The monoisotopic (exact) mass is 270 g/mol. The van der Waals surface area contributed by atoms with Crippen LogP contribution in [0.4, 0.5) is 13.2 Å². The third-order valence-corrected chi connectivity index (χ3v) is 2.76. The van der Waals surface area contributed by atoms with Crippen LogP contribution in [0.1, 0.15) is 17.6 Å². The lowest BCUT2D eigenvalue weighted by atomic mass is 10.1. The van der Waals surface area contributed by atoms with E-state index in [9.17, 15) is 21.6 Å². The molecule has 1 aromatic heterocycles. The summed E-state index contributed by atoms with van der Waals surface area (Å²) in [4.78, 5) is 2.76. The van der Waals surface area contributed by atoms with Gasteiger partial charge in [-0.15, -0.1) is 0 Å². The van der Waals surface area contributed by atoms with E-state index in [1.807, 2.05) is 0 Å². The first-order chi connectivity index (χ1) is 7.27. The van der Waals surface area contributed by atoms with Gasteiger partial charge in [0.1, 0.15) is 0 Å². The highest BCUT2D eigenvalue weighted by Gasteiger charge is 2.24. The molecule has 0 fully saturated rings. The van der Waals surface area contributed by atoms with E-state index >= 15 is 0 Å². The molecule has 0 saturated carbocycles. The molecule has 0 amide bonds. The molecular weight excluding hydrogens is 269 g/mol. The Morgan fingerprint density at radius 3 is 2.44 bits per heavy atom. The van der Waals surface area contributed by atoms with Gasteiger partial charge in [0.25, 0.3) is 15.5 Å². The summed E-state index contributed by atoms with van der Waals surface area (Å²) < 4.78 is 59.1. The minimum absolute atomic E-state index is 0.493. The van der Waals surface area contributed by atoms with E-state index in [-0.39, 0.29) is 0 Å². The summed E-state index contributed by atoms with van der Waals surface area (Å²) in [6.45, 7) is 0. The van der Waals surface area contributed by atoms with Gasteiger partial charge in [-0.05, 0) is 6.07 Å². The van der Waals surface area contributed by atoms with Crippen molar-refractivity contribution in [2.24, 2.45) is 0 Å². The molecule has 0 atom stereocenters. The van der Waals surface area contributed by atoms with Gasteiger partial charge < -0.3 is 0 Å². The highest BCUT2D eigenvalue weighted by molar-refractivity contribution is 8.13. The van der Waals surface area contributed by atoms with Crippen molar-refractivity contribution >= 4 is 19.7 Å². The van der Waals surface area contributed by atoms with Crippen molar-refractivity contribution in [2.75, 3.05) is 0 Å². The third-order valence-electron chi connectivity index (χ3n) is 1.58. The molecule has 16 heavy (non-hydrogen) atoms. The standard InChI is InChI=1S/C7H2ClF3N2O2S/c8-16(14,15)4-1-3(2-12)5(6(9)10)7(11)13-4/h1,6H. The first kappa shape index (κ1) is 12.7. The minimum atomic E-state index is -4.38. The molecule has 4 nitrogen and oxygen atoms in total. The molecule has 0 unspecified atom stereocenters. The zero-order valence-corrected chi connectivity index (χ0v) is 8.86. The lowest BCUT2D eigenvalue weighted by Gasteiger charge is -2.04. The topological polar surface area (TPSA) is 70.8 Å². The molecule has 0 saturated heterocycles. The first-order valence-corrected chi connectivity index (χ1v) is 5.91. The maximum atomic E-state index is 13.0. The second kappa shape index (κ2) is 4.27. The van der Waals surface area contributed by atoms with Crippen LogP contribution >= 0.6 is 10.7 Å². The largest absolute Gasteiger partial charge is 0.278 e. The molecule has 0 aliphatic carbocycles. The quantitative estimate of drug-likeness (QED) is 0.608. The van der Waals surface area contributed by atoms with E-state index in [0.717, 1.165) is 0 Å².